The van der Waals surface area contributed by atoms with Crippen molar-refractivity contribution in [1.29, 1.82) is 0 Å². The van der Waals surface area contributed by atoms with Crippen molar-refractivity contribution in [3.05, 3.63) is 65.2 Å². The highest BCUT2D eigenvalue weighted by Gasteiger charge is 2.02. The molecule has 0 heterocycles. The third-order valence-corrected chi connectivity index (χ3v) is 3.75. The molecular weight excluding hydrogens is 328 g/mol. The number of benzene rings is 2. The first-order valence-corrected chi connectivity index (χ1v) is 8.29. The molecule has 21 heavy (non-hydrogen) atoms. The van der Waals surface area contributed by atoms with Gasteiger partial charge >= 0.3 is 0 Å². The Morgan fingerprint density at radius 3 is 2.57 bits per heavy atom. The normalized spacial score (nSPS) is 10.6. The second-order valence-electron chi connectivity index (χ2n) is 4.87. The van der Waals surface area contributed by atoms with E-state index in [0.29, 0.717) is 13.2 Å². The second kappa shape index (κ2) is 8.85. The number of hydrogen-bond acceptors (Lipinski definition) is 2. The van der Waals surface area contributed by atoms with E-state index in [1.165, 1.54) is 16.7 Å². The summed E-state index contributed by atoms with van der Waals surface area (Å²) in [6.45, 7) is 1.36. The van der Waals surface area contributed by atoms with Crippen molar-refractivity contribution in [2.75, 3.05) is 19.0 Å². The van der Waals surface area contributed by atoms with E-state index in [9.17, 15) is 0 Å². The van der Waals surface area contributed by atoms with Crippen LogP contribution in [0.25, 0.3) is 0 Å². The van der Waals surface area contributed by atoms with Gasteiger partial charge in [-0.2, -0.15) is 0 Å². The van der Waals surface area contributed by atoms with Crippen LogP contribution in [0.5, 0.6) is 5.75 Å². The molecule has 2 nitrogen and oxygen atoms in total. The Morgan fingerprint density at radius 2 is 1.76 bits per heavy atom. The van der Waals surface area contributed by atoms with Crippen molar-refractivity contribution < 1.29 is 9.47 Å². The Kier molecular flexibility index (Phi) is 6.77. The number of para-hydroxylation sites is 1. The smallest absolute Gasteiger partial charge is 0.122 e. The van der Waals surface area contributed by atoms with Crippen LogP contribution in [-0.2, 0) is 24.2 Å². The summed E-state index contributed by atoms with van der Waals surface area (Å²) < 4.78 is 11.1. The molecule has 2 aromatic carbocycles. The summed E-state index contributed by atoms with van der Waals surface area (Å²) in [4.78, 5) is 0. The molecule has 0 amide bonds. The standard InChI is InChI=1S/C18H21BrO2/c1-20-18-8-3-2-7-17(18)10-12-21-14-16-6-4-5-15(13-16)9-11-19/h2-8,13H,9-12,14H2,1H3. The Bertz CT molecular complexity index is 554. The van der Waals surface area contributed by atoms with Gasteiger partial charge in [0.1, 0.15) is 5.75 Å². The predicted octanol–water partition coefficient (Wildman–Crippen LogP) is 4.39. The zero-order valence-electron chi connectivity index (χ0n) is 12.3. The molecule has 112 valence electrons. The molecule has 0 unspecified atom stereocenters. The number of methoxy groups -OCH3 is 1. The minimum atomic E-state index is 0.658. The molecule has 0 aromatic heterocycles. The lowest BCUT2D eigenvalue weighted by atomic mass is 10.1. The largest absolute Gasteiger partial charge is 0.496 e. The van der Waals surface area contributed by atoms with E-state index in [1.807, 2.05) is 18.2 Å². The average molecular weight is 349 g/mol. The highest BCUT2D eigenvalue weighted by Crippen LogP contribution is 2.18. The Morgan fingerprint density at radius 1 is 0.952 bits per heavy atom. The predicted molar refractivity (Wildman–Crippen MR) is 90.3 cm³/mol. The minimum absolute atomic E-state index is 0.658. The average Bonchev–Trinajstić information content (AvgIpc) is 2.53. The van der Waals surface area contributed by atoms with Crippen LogP contribution in [0.15, 0.2) is 48.5 Å². The first-order valence-electron chi connectivity index (χ1n) is 7.17. The van der Waals surface area contributed by atoms with Gasteiger partial charge in [0, 0.05) is 5.33 Å². The van der Waals surface area contributed by atoms with Crippen LogP contribution in [-0.4, -0.2) is 19.0 Å². The summed E-state index contributed by atoms with van der Waals surface area (Å²) in [5.41, 5.74) is 3.76. The van der Waals surface area contributed by atoms with Gasteiger partial charge < -0.3 is 9.47 Å². The molecule has 3 heteroatoms. The molecule has 0 atom stereocenters. The Hall–Kier alpha value is -1.32. The van der Waals surface area contributed by atoms with Gasteiger partial charge in [-0.05, 0) is 35.6 Å². The van der Waals surface area contributed by atoms with Crippen molar-refractivity contribution in [3.8, 4) is 5.75 Å². The van der Waals surface area contributed by atoms with E-state index in [1.54, 1.807) is 7.11 Å². The van der Waals surface area contributed by atoms with Crippen LogP contribution in [0.2, 0.25) is 0 Å². The molecule has 0 saturated carbocycles. The fourth-order valence-corrected chi connectivity index (χ4v) is 2.72. The Labute approximate surface area is 135 Å². The van der Waals surface area contributed by atoms with E-state index in [4.69, 9.17) is 9.47 Å². The highest BCUT2D eigenvalue weighted by molar-refractivity contribution is 9.09. The van der Waals surface area contributed by atoms with Gasteiger partial charge in [-0.3, -0.25) is 0 Å². The SMILES string of the molecule is COc1ccccc1CCOCc1cccc(CCBr)c1. The first-order chi connectivity index (χ1) is 10.3. The van der Waals surface area contributed by atoms with Crippen molar-refractivity contribution >= 4 is 15.9 Å². The summed E-state index contributed by atoms with van der Waals surface area (Å²) in [6, 6.07) is 16.7. The van der Waals surface area contributed by atoms with E-state index in [0.717, 1.165) is 23.9 Å². The van der Waals surface area contributed by atoms with Crippen molar-refractivity contribution in [1.82, 2.24) is 0 Å². The fraction of sp³-hybridized carbons (Fsp3) is 0.333. The lowest BCUT2D eigenvalue weighted by Gasteiger charge is -2.09. The molecule has 0 fully saturated rings. The van der Waals surface area contributed by atoms with Crippen LogP contribution in [0, 0.1) is 0 Å². The maximum absolute atomic E-state index is 5.79. The number of hydrogen-bond donors (Lipinski definition) is 0. The molecular formula is C18H21BrO2. The van der Waals surface area contributed by atoms with Gasteiger partial charge in [-0.15, -0.1) is 0 Å². The maximum Gasteiger partial charge on any atom is 0.122 e. The number of alkyl halides is 1. The van der Waals surface area contributed by atoms with Crippen LogP contribution >= 0.6 is 15.9 Å². The van der Waals surface area contributed by atoms with Gasteiger partial charge in [0.25, 0.3) is 0 Å². The number of halogens is 1. The van der Waals surface area contributed by atoms with E-state index in [-0.39, 0.29) is 0 Å². The molecule has 2 rings (SSSR count). The van der Waals surface area contributed by atoms with Gasteiger partial charge in [-0.25, -0.2) is 0 Å². The quantitative estimate of drug-likeness (QED) is 0.520. The molecule has 0 bridgehead atoms. The summed E-state index contributed by atoms with van der Waals surface area (Å²) in [5, 5.41) is 0.991. The molecule has 0 spiro atoms. The lowest BCUT2D eigenvalue weighted by molar-refractivity contribution is 0.123. The molecule has 0 N–H and O–H groups in total. The molecule has 0 radical (unpaired) electrons. The fourth-order valence-electron chi connectivity index (χ4n) is 2.27. The van der Waals surface area contributed by atoms with Gasteiger partial charge in [0.15, 0.2) is 0 Å². The van der Waals surface area contributed by atoms with Crippen LogP contribution in [0.3, 0.4) is 0 Å². The highest BCUT2D eigenvalue weighted by atomic mass is 79.9. The summed E-state index contributed by atoms with van der Waals surface area (Å²) in [6.07, 6.45) is 1.92. The lowest BCUT2D eigenvalue weighted by Crippen LogP contribution is -2.01. The monoisotopic (exact) mass is 348 g/mol. The third kappa shape index (κ3) is 5.18. The van der Waals surface area contributed by atoms with Crippen LogP contribution in [0.4, 0.5) is 0 Å². The van der Waals surface area contributed by atoms with Gasteiger partial charge in [-0.1, -0.05) is 58.4 Å². The van der Waals surface area contributed by atoms with Crippen molar-refractivity contribution in [2.24, 2.45) is 0 Å². The van der Waals surface area contributed by atoms with E-state index in [2.05, 4.69) is 46.3 Å². The Balaban J connectivity index is 1.80. The third-order valence-electron chi connectivity index (χ3n) is 3.35. The van der Waals surface area contributed by atoms with Crippen molar-refractivity contribution in [3.63, 3.8) is 0 Å². The maximum atomic E-state index is 5.79. The molecule has 0 aliphatic heterocycles. The zero-order chi connectivity index (χ0) is 14.9. The zero-order valence-corrected chi connectivity index (χ0v) is 13.9. The topological polar surface area (TPSA) is 18.5 Å². The van der Waals surface area contributed by atoms with Crippen LogP contribution in [0.1, 0.15) is 16.7 Å². The van der Waals surface area contributed by atoms with Gasteiger partial charge in [0.05, 0.1) is 20.3 Å². The minimum Gasteiger partial charge on any atom is -0.496 e. The molecule has 0 aliphatic rings. The molecule has 2 aromatic rings. The molecule has 0 aliphatic carbocycles. The summed E-state index contributed by atoms with van der Waals surface area (Å²) in [7, 11) is 1.70. The second-order valence-corrected chi connectivity index (χ2v) is 5.67. The number of aryl methyl sites for hydroxylation is 1. The van der Waals surface area contributed by atoms with Crippen LogP contribution < -0.4 is 4.74 Å². The van der Waals surface area contributed by atoms with E-state index >= 15 is 0 Å². The number of ether oxygens (including phenoxy) is 2. The first kappa shape index (κ1) is 16.1. The summed E-state index contributed by atoms with van der Waals surface area (Å²) >= 11 is 3.47. The van der Waals surface area contributed by atoms with Gasteiger partial charge in [0.2, 0.25) is 0 Å². The number of rotatable bonds is 8. The molecule has 0 saturated heterocycles. The summed E-state index contributed by atoms with van der Waals surface area (Å²) in [5.74, 6) is 0.931. The van der Waals surface area contributed by atoms with Crippen molar-refractivity contribution in [2.45, 2.75) is 19.4 Å². The van der Waals surface area contributed by atoms with E-state index < -0.39 is 0 Å².